The first-order valence-electron chi connectivity index (χ1n) is 7.90. The van der Waals surface area contributed by atoms with Crippen LogP contribution in [-0.2, 0) is 11.3 Å². The van der Waals surface area contributed by atoms with E-state index in [0.717, 1.165) is 15.6 Å². The molecule has 2 aromatic heterocycles. The smallest absolute Gasteiger partial charge is 0.315 e. The van der Waals surface area contributed by atoms with Crippen LogP contribution in [0.2, 0.25) is 0 Å². The van der Waals surface area contributed by atoms with E-state index in [1.54, 1.807) is 19.2 Å². The second kappa shape index (κ2) is 6.66. The van der Waals surface area contributed by atoms with Gasteiger partial charge in [0, 0.05) is 19.0 Å². The molecule has 1 amide bonds. The molecule has 0 aliphatic heterocycles. The molecule has 0 radical (unpaired) electrons. The van der Waals surface area contributed by atoms with E-state index in [-0.39, 0.29) is 11.7 Å². The van der Waals surface area contributed by atoms with Crippen LogP contribution in [0.25, 0.3) is 21.0 Å². The fourth-order valence-corrected chi connectivity index (χ4v) is 4.01. The lowest BCUT2D eigenvalue weighted by Gasteiger charge is -2.05. The van der Waals surface area contributed by atoms with Crippen molar-refractivity contribution in [1.82, 2.24) is 4.57 Å². The number of carbonyl (C=O) groups is 1. The summed E-state index contributed by atoms with van der Waals surface area (Å²) >= 11 is 1.51. The van der Waals surface area contributed by atoms with Gasteiger partial charge in [-0.05, 0) is 23.6 Å². The van der Waals surface area contributed by atoms with Crippen LogP contribution >= 0.6 is 11.3 Å². The number of hydrogen-bond donors (Lipinski definition) is 0. The summed E-state index contributed by atoms with van der Waals surface area (Å²) in [6.07, 6.45) is 1.47. The van der Waals surface area contributed by atoms with Crippen LogP contribution in [0.3, 0.4) is 0 Å². The topological polar surface area (TPSA) is 56.7 Å². The molecule has 0 fully saturated rings. The van der Waals surface area contributed by atoms with Crippen molar-refractivity contribution in [2.24, 2.45) is 4.99 Å². The highest BCUT2D eigenvalue weighted by molar-refractivity contribution is 7.17. The predicted octanol–water partition coefficient (Wildman–Crippen LogP) is 3.84. The molecule has 0 atom stereocenters. The number of furan rings is 1. The Balaban J connectivity index is 1.95. The number of aromatic nitrogens is 1. The number of benzene rings is 2. The third-order valence-electron chi connectivity index (χ3n) is 4.02. The molecule has 126 valence electrons. The molecule has 0 aliphatic carbocycles. The van der Waals surface area contributed by atoms with Crippen LogP contribution in [0.4, 0.5) is 0 Å². The lowest BCUT2D eigenvalue weighted by Crippen LogP contribution is -2.19. The van der Waals surface area contributed by atoms with E-state index >= 15 is 0 Å². The first-order valence-corrected chi connectivity index (χ1v) is 8.72. The molecule has 4 aromatic rings. The Labute approximate surface area is 147 Å². The van der Waals surface area contributed by atoms with Gasteiger partial charge in [0.1, 0.15) is 0 Å². The van der Waals surface area contributed by atoms with E-state index in [2.05, 4.69) is 29.3 Å². The van der Waals surface area contributed by atoms with Crippen molar-refractivity contribution in [3.05, 3.63) is 65.4 Å². The molecule has 0 saturated carbocycles. The number of hydrogen-bond acceptors (Lipinski definition) is 4. The number of thiazole rings is 1. The molecule has 0 saturated heterocycles. The summed E-state index contributed by atoms with van der Waals surface area (Å²) in [5.74, 6) is -0.146. The number of rotatable bonds is 4. The van der Waals surface area contributed by atoms with Gasteiger partial charge in [0.25, 0.3) is 0 Å². The van der Waals surface area contributed by atoms with E-state index in [1.165, 1.54) is 23.0 Å². The van der Waals surface area contributed by atoms with Crippen molar-refractivity contribution in [2.75, 3.05) is 13.7 Å². The standard InChI is InChI=1S/C19H16N2O3S/c1-23-12-10-21-15-9-8-13-5-2-3-6-14(13)17(15)25-19(21)20-18(22)16-7-4-11-24-16/h2-9,11H,10,12H2,1H3. The van der Waals surface area contributed by atoms with Gasteiger partial charge in [0.05, 0.1) is 23.1 Å². The fraction of sp³-hybridized carbons (Fsp3) is 0.158. The Morgan fingerprint density at radius 3 is 2.88 bits per heavy atom. The molecule has 0 bridgehead atoms. The Morgan fingerprint density at radius 2 is 2.08 bits per heavy atom. The van der Waals surface area contributed by atoms with Crippen molar-refractivity contribution < 1.29 is 13.9 Å². The molecule has 0 N–H and O–H groups in total. The summed E-state index contributed by atoms with van der Waals surface area (Å²) in [6.45, 7) is 1.17. The molecular formula is C19H16N2O3S. The maximum absolute atomic E-state index is 12.3. The van der Waals surface area contributed by atoms with Crippen LogP contribution in [0, 0.1) is 0 Å². The molecule has 4 rings (SSSR count). The van der Waals surface area contributed by atoms with Gasteiger partial charge >= 0.3 is 5.91 Å². The Hall–Kier alpha value is -2.70. The number of ether oxygens (including phenoxy) is 1. The Kier molecular flexibility index (Phi) is 4.21. The van der Waals surface area contributed by atoms with Crippen molar-refractivity contribution in [3.8, 4) is 0 Å². The van der Waals surface area contributed by atoms with Crippen molar-refractivity contribution in [1.29, 1.82) is 0 Å². The summed E-state index contributed by atoms with van der Waals surface area (Å²) in [4.78, 5) is 17.3. The largest absolute Gasteiger partial charge is 0.459 e. The normalized spacial score (nSPS) is 12.3. The van der Waals surface area contributed by atoms with Crippen molar-refractivity contribution in [2.45, 2.75) is 6.54 Å². The van der Waals surface area contributed by atoms with Gasteiger partial charge in [-0.1, -0.05) is 41.7 Å². The average molecular weight is 352 g/mol. The Bertz CT molecular complexity index is 1110. The molecule has 2 aromatic carbocycles. The summed E-state index contributed by atoms with van der Waals surface area (Å²) in [6, 6.07) is 15.7. The van der Waals surface area contributed by atoms with Gasteiger partial charge in [0.2, 0.25) is 0 Å². The van der Waals surface area contributed by atoms with Crippen LogP contribution < -0.4 is 4.80 Å². The van der Waals surface area contributed by atoms with E-state index in [4.69, 9.17) is 9.15 Å². The lowest BCUT2D eigenvalue weighted by atomic mass is 10.1. The van der Waals surface area contributed by atoms with Gasteiger partial charge in [-0.3, -0.25) is 4.79 Å². The van der Waals surface area contributed by atoms with E-state index < -0.39 is 0 Å². The fourth-order valence-electron chi connectivity index (χ4n) is 2.82. The average Bonchev–Trinajstić information content (AvgIpc) is 3.28. The van der Waals surface area contributed by atoms with Crippen molar-refractivity contribution >= 4 is 38.2 Å². The highest BCUT2D eigenvalue weighted by atomic mass is 32.1. The lowest BCUT2D eigenvalue weighted by molar-refractivity contribution is 0.0971. The molecular weight excluding hydrogens is 336 g/mol. The van der Waals surface area contributed by atoms with Gasteiger partial charge in [0.15, 0.2) is 10.6 Å². The van der Waals surface area contributed by atoms with Gasteiger partial charge in [-0.25, -0.2) is 0 Å². The minimum absolute atomic E-state index is 0.237. The molecule has 0 unspecified atom stereocenters. The summed E-state index contributed by atoms with van der Waals surface area (Å²) < 4.78 is 13.5. The van der Waals surface area contributed by atoms with E-state index in [0.29, 0.717) is 18.0 Å². The third-order valence-corrected chi connectivity index (χ3v) is 5.15. The first kappa shape index (κ1) is 15.8. The molecule has 0 aliphatic rings. The number of amides is 1. The van der Waals surface area contributed by atoms with Crippen LogP contribution in [0.5, 0.6) is 0 Å². The highest BCUT2D eigenvalue weighted by Gasteiger charge is 2.12. The zero-order valence-electron chi connectivity index (χ0n) is 13.6. The Morgan fingerprint density at radius 1 is 1.20 bits per heavy atom. The van der Waals surface area contributed by atoms with Crippen LogP contribution in [-0.4, -0.2) is 24.2 Å². The van der Waals surface area contributed by atoms with Gasteiger partial charge < -0.3 is 13.7 Å². The van der Waals surface area contributed by atoms with E-state index in [1.807, 2.05) is 16.7 Å². The highest BCUT2D eigenvalue weighted by Crippen LogP contribution is 2.27. The maximum Gasteiger partial charge on any atom is 0.315 e. The van der Waals surface area contributed by atoms with Crippen molar-refractivity contribution in [3.63, 3.8) is 0 Å². The molecule has 0 spiro atoms. The third kappa shape index (κ3) is 2.90. The zero-order valence-corrected chi connectivity index (χ0v) is 14.5. The van der Waals surface area contributed by atoms with Crippen LogP contribution in [0.15, 0.2) is 64.2 Å². The first-order chi connectivity index (χ1) is 12.3. The number of nitrogens with zero attached hydrogens (tertiary/aromatic N) is 2. The molecule has 6 heteroatoms. The SMILES string of the molecule is COCCn1c(=NC(=O)c2ccco2)sc2c3ccccc3ccc21. The monoisotopic (exact) mass is 352 g/mol. The van der Waals surface area contributed by atoms with Crippen LogP contribution in [0.1, 0.15) is 10.6 Å². The molecule has 5 nitrogen and oxygen atoms in total. The predicted molar refractivity (Wildman–Crippen MR) is 97.8 cm³/mol. The van der Waals surface area contributed by atoms with E-state index in [9.17, 15) is 4.79 Å². The second-order valence-electron chi connectivity index (χ2n) is 5.56. The minimum Gasteiger partial charge on any atom is -0.459 e. The quantitative estimate of drug-likeness (QED) is 0.561. The minimum atomic E-state index is -0.382. The number of fused-ring (bicyclic) bond motifs is 3. The summed E-state index contributed by atoms with van der Waals surface area (Å²) in [7, 11) is 1.66. The maximum atomic E-state index is 12.3. The number of methoxy groups -OCH3 is 1. The number of carbonyl (C=O) groups excluding carboxylic acids is 1. The summed E-state index contributed by atoms with van der Waals surface area (Å²) in [5, 5.41) is 2.32. The molecule has 2 heterocycles. The van der Waals surface area contributed by atoms with Gasteiger partial charge in [-0.2, -0.15) is 4.99 Å². The second-order valence-corrected chi connectivity index (χ2v) is 6.54. The molecule has 25 heavy (non-hydrogen) atoms. The van der Waals surface area contributed by atoms with Gasteiger partial charge in [-0.15, -0.1) is 0 Å². The zero-order chi connectivity index (χ0) is 17.2. The summed E-state index contributed by atoms with van der Waals surface area (Å²) in [5.41, 5.74) is 1.05.